The second-order valence-corrected chi connectivity index (χ2v) is 7.48. The Bertz CT molecular complexity index is 738. The summed E-state index contributed by atoms with van der Waals surface area (Å²) in [5.74, 6) is -9.42. The summed E-state index contributed by atoms with van der Waals surface area (Å²) in [6, 6.07) is 0. The van der Waals surface area contributed by atoms with E-state index < -0.39 is 124 Å². The van der Waals surface area contributed by atoms with Gasteiger partial charge in [0.15, 0.2) is 0 Å². The van der Waals surface area contributed by atoms with Crippen molar-refractivity contribution >= 4 is 149 Å². The summed E-state index contributed by atoms with van der Waals surface area (Å²) in [5.41, 5.74) is 0. The summed E-state index contributed by atoms with van der Waals surface area (Å²) >= 11 is 0. The molecule has 0 saturated carbocycles. The van der Waals surface area contributed by atoms with Gasteiger partial charge in [0.1, 0.15) is 48.8 Å². The molecule has 0 aliphatic rings. The molecule has 0 radical (unpaired) electrons. The summed E-state index contributed by atoms with van der Waals surface area (Å²) in [6.45, 7) is -1.73. The van der Waals surface area contributed by atoms with E-state index in [0.29, 0.717) is 0 Å². The molecule has 0 bridgehead atoms. The van der Waals surface area contributed by atoms with Crippen LogP contribution in [0.4, 0.5) is 0 Å². The van der Waals surface area contributed by atoms with Crippen molar-refractivity contribution in [2.75, 3.05) is 13.2 Å². The average Bonchev–Trinajstić information content (AvgIpc) is 2.92. The molecule has 8 unspecified atom stereocenters. The maximum absolute atomic E-state index is 9.98. The maximum Gasteiger partial charge on any atom is 2.00 e. The first-order valence-electron chi connectivity index (χ1n) is 11.0. The first-order valence-corrected chi connectivity index (χ1v) is 11.0. The molecule has 25 heteroatoms. The molecule has 0 rings (SSSR count). The van der Waals surface area contributed by atoms with E-state index >= 15 is 0 Å². The Hall–Kier alpha value is 0.199. The Kier molecular flexibility index (Phi) is 47.7. The topological polar surface area (TPSA) is 443 Å². The van der Waals surface area contributed by atoms with Crippen molar-refractivity contribution in [2.24, 2.45) is 0 Å². The van der Waals surface area contributed by atoms with Crippen molar-refractivity contribution in [3.05, 3.63) is 0 Å². The van der Waals surface area contributed by atoms with Crippen LogP contribution in [-0.2, 0) is 28.8 Å². The molecule has 45 heavy (non-hydrogen) atoms. The smallest absolute Gasteiger partial charge is 0.550 e. The third kappa shape index (κ3) is 36.9. The standard InChI is InChI=1S/2C6H12O7.2C4H6O4.3Ca/c2*7-1-2(8)3(9)4(10)5(11)6(12)13;2*5-3(6)1-2-4(7)8;;;/h2*2-5,7-11H,1H2,(H,12,13);2*1-2H2,(H,5,6)(H,7,8);;;/q;;;;3*+2/p-6. The van der Waals surface area contributed by atoms with Crippen molar-refractivity contribution in [2.45, 2.75) is 74.5 Å². The summed E-state index contributed by atoms with van der Waals surface area (Å²) in [5, 5.41) is 145. The Morgan fingerprint density at radius 1 is 0.400 bits per heavy atom. The molecule has 0 fully saturated rings. The normalized spacial score (nSPS) is 14.8. The zero-order valence-electron chi connectivity index (χ0n) is 23.4. The molecule has 22 nitrogen and oxygen atoms in total. The number of aliphatic hydroxyl groups excluding tert-OH is 10. The van der Waals surface area contributed by atoms with Crippen LogP contribution in [-0.4, -0.2) is 262 Å². The summed E-state index contributed by atoms with van der Waals surface area (Å²) in [7, 11) is 0. The van der Waals surface area contributed by atoms with E-state index in [1.54, 1.807) is 0 Å². The Balaban J connectivity index is -0.0000000858. The number of hydrogen-bond acceptors (Lipinski definition) is 22. The van der Waals surface area contributed by atoms with E-state index in [4.69, 9.17) is 51.1 Å². The van der Waals surface area contributed by atoms with Gasteiger partial charge in [-0.15, -0.1) is 0 Å². The van der Waals surface area contributed by atoms with E-state index in [2.05, 4.69) is 0 Å². The van der Waals surface area contributed by atoms with E-state index in [9.17, 15) is 59.4 Å². The van der Waals surface area contributed by atoms with Gasteiger partial charge < -0.3 is 110 Å². The minimum atomic E-state index is -2.31. The number of rotatable bonds is 16. The summed E-state index contributed by atoms with van der Waals surface area (Å²) < 4.78 is 0. The van der Waals surface area contributed by atoms with E-state index in [1.807, 2.05) is 0 Å². The van der Waals surface area contributed by atoms with E-state index in [0.717, 1.165) is 0 Å². The minimum absolute atomic E-state index is 0. The van der Waals surface area contributed by atoms with Crippen molar-refractivity contribution in [3.63, 3.8) is 0 Å². The predicted octanol–water partition coefficient (Wildman–Crippen LogP) is -16.3. The molecule has 0 aliphatic carbocycles. The van der Waals surface area contributed by atoms with Crippen LogP contribution >= 0.6 is 0 Å². The van der Waals surface area contributed by atoms with Crippen LogP contribution in [0.25, 0.3) is 0 Å². The van der Waals surface area contributed by atoms with Crippen LogP contribution in [0.5, 0.6) is 0 Å². The second kappa shape index (κ2) is 35.5. The van der Waals surface area contributed by atoms with Gasteiger partial charge in [-0.1, -0.05) is 0 Å². The van der Waals surface area contributed by atoms with E-state index in [-0.39, 0.29) is 113 Å². The van der Waals surface area contributed by atoms with Crippen molar-refractivity contribution < 1.29 is 110 Å². The van der Waals surface area contributed by atoms with Gasteiger partial charge in [0.25, 0.3) is 0 Å². The molecule has 0 aromatic heterocycles. The monoisotopic (exact) mass is 742 g/mol. The molecule has 0 saturated heterocycles. The quantitative estimate of drug-likeness (QED) is 0.0656. The maximum atomic E-state index is 9.98. The van der Waals surface area contributed by atoms with Crippen molar-refractivity contribution in [3.8, 4) is 0 Å². The molecular weight excluding hydrogens is 712 g/mol. The number of aliphatic carboxylic acids is 6. The third-order valence-corrected chi connectivity index (χ3v) is 4.06. The largest absolute Gasteiger partial charge is 2.00 e. The molecule has 0 aromatic rings. The van der Waals surface area contributed by atoms with Crippen LogP contribution in [0, 0.1) is 0 Å². The minimum Gasteiger partial charge on any atom is -0.550 e. The second-order valence-electron chi connectivity index (χ2n) is 7.48. The molecule has 0 spiro atoms. The van der Waals surface area contributed by atoms with Gasteiger partial charge in [0.2, 0.25) is 0 Å². The molecule has 0 heterocycles. The first-order chi connectivity index (χ1) is 19.1. The fraction of sp³-hybridized carbons (Fsp3) is 0.700. The number of aliphatic hydroxyl groups is 10. The Labute approximate surface area is 343 Å². The molecular formula is C20H30Ca3O22. The van der Waals surface area contributed by atoms with Crippen LogP contribution < -0.4 is 30.6 Å². The number of carboxylic acids is 6. The van der Waals surface area contributed by atoms with Gasteiger partial charge in [-0.3, -0.25) is 0 Å². The first kappa shape index (κ1) is 60.5. The molecule has 0 aromatic carbocycles. The fourth-order valence-corrected chi connectivity index (χ4v) is 1.73. The number of carboxylic acid groups (broad SMARTS) is 6. The number of carbonyl (C=O) groups excluding carboxylic acids is 6. The number of hydrogen-bond donors (Lipinski definition) is 10. The van der Waals surface area contributed by atoms with Crippen LogP contribution in [0.3, 0.4) is 0 Å². The zero-order valence-corrected chi connectivity index (χ0v) is 30.0. The predicted molar refractivity (Wildman–Crippen MR) is 128 cm³/mol. The Morgan fingerprint density at radius 2 is 0.578 bits per heavy atom. The SMILES string of the molecule is O=C([O-])C(O)C(O)C(O)C(O)CO.O=C([O-])C(O)C(O)C(O)C(O)CO.O=C([O-])CCC(=O)[O-].O=C([O-])CCC(=O)[O-].[Ca+2].[Ca+2].[Ca+2]. The van der Waals surface area contributed by atoms with Gasteiger partial charge in [0.05, 0.1) is 25.2 Å². The third-order valence-electron chi connectivity index (χ3n) is 4.06. The van der Waals surface area contributed by atoms with Crippen molar-refractivity contribution in [1.29, 1.82) is 0 Å². The van der Waals surface area contributed by atoms with Crippen LogP contribution in [0.2, 0.25) is 0 Å². The zero-order chi connectivity index (χ0) is 34.3. The fourth-order valence-electron chi connectivity index (χ4n) is 1.73. The van der Waals surface area contributed by atoms with Crippen molar-refractivity contribution in [1.82, 2.24) is 0 Å². The molecule has 248 valence electrons. The van der Waals surface area contributed by atoms with E-state index in [1.165, 1.54) is 0 Å². The van der Waals surface area contributed by atoms with Crippen LogP contribution in [0.1, 0.15) is 25.7 Å². The van der Waals surface area contributed by atoms with Gasteiger partial charge in [-0.25, -0.2) is 0 Å². The summed E-state index contributed by atoms with van der Waals surface area (Å²) in [6.07, 6.45) is -18.0. The van der Waals surface area contributed by atoms with Gasteiger partial charge in [-0.2, -0.15) is 0 Å². The van der Waals surface area contributed by atoms with Gasteiger partial charge >= 0.3 is 113 Å². The number of carbonyl (C=O) groups is 6. The molecule has 0 aliphatic heterocycles. The van der Waals surface area contributed by atoms with Gasteiger partial charge in [0, 0.05) is 23.9 Å². The molecule has 0 amide bonds. The molecule has 8 atom stereocenters. The molecule has 10 N–H and O–H groups in total. The Morgan fingerprint density at radius 3 is 0.689 bits per heavy atom. The summed E-state index contributed by atoms with van der Waals surface area (Å²) in [4.78, 5) is 58.0. The van der Waals surface area contributed by atoms with Crippen LogP contribution in [0.15, 0.2) is 0 Å². The van der Waals surface area contributed by atoms with Gasteiger partial charge in [-0.05, 0) is 25.7 Å². The average molecular weight is 743 g/mol.